The third-order valence-corrected chi connectivity index (χ3v) is 6.06. The molecule has 0 bridgehead atoms. The maximum atomic E-state index is 13.2. The molecular formula is C13H14FN5O3S2. The van der Waals surface area contributed by atoms with Gasteiger partial charge < -0.3 is 4.74 Å². The Kier molecular flexibility index (Phi) is 3.75. The summed E-state index contributed by atoms with van der Waals surface area (Å²) in [7, 11) is -3.87. The van der Waals surface area contributed by atoms with Gasteiger partial charge in [-0.1, -0.05) is 11.8 Å². The van der Waals surface area contributed by atoms with Crippen molar-refractivity contribution >= 4 is 38.2 Å². The number of benzene rings is 1. The second-order valence-corrected chi connectivity index (χ2v) is 8.14. The minimum Gasteiger partial charge on any atom is -0.377 e. The van der Waals surface area contributed by atoms with Crippen molar-refractivity contribution in [2.45, 2.75) is 10.4 Å². The molecule has 2 aromatic rings. The lowest BCUT2D eigenvalue weighted by Gasteiger charge is -2.39. The normalized spacial score (nSPS) is 19.8. The second kappa shape index (κ2) is 5.69. The number of ether oxygens (including phenoxy) is 1. The maximum absolute atomic E-state index is 13.2. The average molecular weight is 371 g/mol. The number of thioether (sulfide) groups is 1. The predicted molar refractivity (Wildman–Crippen MR) is 88.7 cm³/mol. The number of aromatic nitrogens is 2. The molecule has 1 aromatic heterocycles. The van der Waals surface area contributed by atoms with E-state index in [9.17, 15) is 12.8 Å². The highest BCUT2D eigenvalue weighted by Gasteiger charge is 2.42. The zero-order valence-corrected chi connectivity index (χ0v) is 14.1. The van der Waals surface area contributed by atoms with Crippen molar-refractivity contribution < 1.29 is 17.5 Å². The number of hydrazone groups is 1. The van der Waals surface area contributed by atoms with Crippen molar-refractivity contribution in [1.82, 2.24) is 14.6 Å². The van der Waals surface area contributed by atoms with Crippen LogP contribution in [0.3, 0.4) is 0 Å². The van der Waals surface area contributed by atoms with Crippen LogP contribution < -0.4 is 9.84 Å². The number of rotatable bonds is 5. The summed E-state index contributed by atoms with van der Waals surface area (Å²) in [5.41, 5.74) is 1.14. The second-order valence-electron chi connectivity index (χ2n) is 5.66. The van der Waals surface area contributed by atoms with Gasteiger partial charge in [-0.25, -0.2) is 12.8 Å². The third kappa shape index (κ3) is 2.57. The van der Waals surface area contributed by atoms with Crippen molar-refractivity contribution in [3.63, 3.8) is 0 Å². The Bertz CT molecular complexity index is 904. The van der Waals surface area contributed by atoms with E-state index in [0.29, 0.717) is 11.4 Å². The minimum atomic E-state index is -3.87. The first-order chi connectivity index (χ1) is 11.5. The van der Waals surface area contributed by atoms with Crippen LogP contribution in [0, 0.1) is 0 Å². The number of hydrogen-bond acceptors (Lipinski definition) is 7. The molecule has 0 aliphatic carbocycles. The van der Waals surface area contributed by atoms with Gasteiger partial charge in [-0.05, 0) is 18.2 Å². The summed E-state index contributed by atoms with van der Waals surface area (Å²) in [4.78, 5) is 1.59. The van der Waals surface area contributed by atoms with E-state index in [2.05, 4.69) is 14.9 Å². The van der Waals surface area contributed by atoms with E-state index in [1.807, 2.05) is 0 Å². The molecule has 0 amide bonds. The number of halogens is 1. The SMILES string of the molecule is O=S(=O)(NC1(CF)COC1)c1ccc2cnn(N3CSC=N3)c2c1. The van der Waals surface area contributed by atoms with E-state index in [-0.39, 0.29) is 18.1 Å². The fraction of sp³-hybridized carbons (Fsp3) is 0.385. The van der Waals surface area contributed by atoms with Gasteiger partial charge in [-0.15, -0.1) is 0 Å². The van der Waals surface area contributed by atoms with Crippen LogP contribution >= 0.6 is 11.8 Å². The zero-order chi connectivity index (χ0) is 16.8. The van der Waals surface area contributed by atoms with Gasteiger partial charge in [0.15, 0.2) is 0 Å². The van der Waals surface area contributed by atoms with Gasteiger partial charge in [-0.2, -0.15) is 24.8 Å². The first kappa shape index (κ1) is 15.8. The van der Waals surface area contributed by atoms with E-state index < -0.39 is 22.2 Å². The molecule has 11 heteroatoms. The molecule has 0 atom stereocenters. The third-order valence-electron chi connectivity index (χ3n) is 3.86. The quantitative estimate of drug-likeness (QED) is 0.830. The van der Waals surface area contributed by atoms with Crippen molar-refractivity contribution in [1.29, 1.82) is 0 Å². The van der Waals surface area contributed by atoms with Crippen LogP contribution in [0.4, 0.5) is 4.39 Å². The lowest BCUT2D eigenvalue weighted by atomic mass is 10.0. The van der Waals surface area contributed by atoms with Crippen LogP contribution in [-0.2, 0) is 14.8 Å². The summed E-state index contributed by atoms with van der Waals surface area (Å²) in [6.07, 6.45) is 1.64. The predicted octanol–water partition coefficient (Wildman–Crippen LogP) is 0.639. The van der Waals surface area contributed by atoms with Crippen LogP contribution in [-0.4, -0.2) is 55.2 Å². The first-order valence-electron chi connectivity index (χ1n) is 7.10. The largest absolute Gasteiger partial charge is 0.377 e. The van der Waals surface area contributed by atoms with Gasteiger partial charge >= 0.3 is 0 Å². The minimum absolute atomic E-state index is 0.0304. The molecule has 1 N–H and O–H groups in total. The molecule has 128 valence electrons. The first-order valence-corrected chi connectivity index (χ1v) is 9.64. The molecule has 0 spiro atoms. The van der Waals surface area contributed by atoms with Crippen molar-refractivity contribution in [2.75, 3.05) is 30.9 Å². The van der Waals surface area contributed by atoms with E-state index in [1.54, 1.807) is 27.7 Å². The molecule has 3 heterocycles. The molecule has 0 saturated carbocycles. The summed E-state index contributed by atoms with van der Waals surface area (Å²) >= 11 is 1.51. The van der Waals surface area contributed by atoms with E-state index >= 15 is 0 Å². The van der Waals surface area contributed by atoms with Gasteiger partial charge in [0.2, 0.25) is 10.0 Å². The van der Waals surface area contributed by atoms with E-state index in [4.69, 9.17) is 4.74 Å². The summed E-state index contributed by atoms with van der Waals surface area (Å²) < 4.78 is 45.7. The van der Waals surface area contributed by atoms with E-state index in [1.165, 1.54) is 23.9 Å². The molecule has 2 aliphatic rings. The zero-order valence-electron chi connectivity index (χ0n) is 12.4. The Morgan fingerprint density at radius 1 is 1.42 bits per heavy atom. The highest BCUT2D eigenvalue weighted by atomic mass is 32.2. The van der Waals surface area contributed by atoms with Gasteiger partial charge in [0.05, 0.1) is 35.4 Å². The van der Waals surface area contributed by atoms with Crippen molar-refractivity contribution in [3.05, 3.63) is 24.4 Å². The molecule has 1 aromatic carbocycles. The van der Waals surface area contributed by atoms with Crippen LogP contribution in [0.1, 0.15) is 0 Å². The van der Waals surface area contributed by atoms with Crippen molar-refractivity contribution in [3.8, 4) is 0 Å². The van der Waals surface area contributed by atoms with Crippen LogP contribution in [0.25, 0.3) is 10.9 Å². The molecule has 8 nitrogen and oxygen atoms in total. The fourth-order valence-corrected chi connectivity index (χ4v) is 4.44. The Hall–Kier alpha value is -1.69. The number of sulfonamides is 1. The van der Waals surface area contributed by atoms with Gasteiger partial charge in [-0.3, -0.25) is 0 Å². The Balaban J connectivity index is 1.71. The van der Waals surface area contributed by atoms with Crippen LogP contribution in [0.5, 0.6) is 0 Å². The smallest absolute Gasteiger partial charge is 0.241 e. The fourth-order valence-electron chi connectivity index (χ4n) is 2.52. The number of fused-ring (bicyclic) bond motifs is 1. The lowest BCUT2D eigenvalue weighted by Crippen LogP contribution is -2.63. The molecular weight excluding hydrogens is 357 g/mol. The monoisotopic (exact) mass is 371 g/mol. The van der Waals surface area contributed by atoms with E-state index in [0.717, 1.165) is 5.39 Å². The molecule has 4 rings (SSSR count). The van der Waals surface area contributed by atoms with Crippen LogP contribution in [0.2, 0.25) is 0 Å². The molecule has 1 fully saturated rings. The van der Waals surface area contributed by atoms with Crippen molar-refractivity contribution in [2.24, 2.45) is 5.10 Å². The summed E-state index contributed by atoms with van der Waals surface area (Å²) in [6, 6.07) is 4.65. The Morgan fingerprint density at radius 3 is 2.88 bits per heavy atom. The van der Waals surface area contributed by atoms with Gasteiger partial charge in [0.1, 0.15) is 18.1 Å². The number of nitrogens with zero attached hydrogens (tertiary/aromatic N) is 4. The summed E-state index contributed by atoms with van der Waals surface area (Å²) in [5.74, 6) is 0.592. The molecule has 24 heavy (non-hydrogen) atoms. The number of nitrogens with one attached hydrogen (secondary N) is 1. The standard InChI is InChI=1S/C13H14FN5O3S2/c14-5-13(6-22-7-13)17-24(20,21)11-2-1-10-4-15-19(12(10)3-11)18-9-23-8-16-18/h1-4,8,17H,5-7,9H2. The van der Waals surface area contributed by atoms with Gasteiger partial charge in [0, 0.05) is 5.39 Å². The van der Waals surface area contributed by atoms with Gasteiger partial charge in [0.25, 0.3) is 0 Å². The topological polar surface area (TPSA) is 88.8 Å². The Labute approximate surface area is 141 Å². The number of hydrogen-bond donors (Lipinski definition) is 1. The summed E-state index contributed by atoms with van der Waals surface area (Å²) in [6.45, 7) is -0.753. The van der Waals surface area contributed by atoms with Crippen LogP contribution in [0.15, 0.2) is 34.4 Å². The molecule has 0 radical (unpaired) electrons. The highest BCUT2D eigenvalue weighted by Crippen LogP contribution is 2.24. The molecule has 0 unspecified atom stereocenters. The maximum Gasteiger partial charge on any atom is 0.241 e. The highest BCUT2D eigenvalue weighted by molar-refractivity contribution is 8.12. The molecule has 2 aliphatic heterocycles. The molecule has 1 saturated heterocycles. The Morgan fingerprint density at radius 2 is 2.25 bits per heavy atom. The number of alkyl halides is 1. The average Bonchev–Trinajstić information content (AvgIpc) is 3.18. The lowest BCUT2D eigenvalue weighted by molar-refractivity contribution is -0.0725. The summed E-state index contributed by atoms with van der Waals surface area (Å²) in [5, 5.41) is 10.8.